The smallest absolute Gasteiger partial charge is 0.145 e. The van der Waals surface area contributed by atoms with Crippen molar-refractivity contribution in [1.29, 1.82) is 0 Å². The molecule has 1 aliphatic rings. The Balaban J connectivity index is 2.10. The van der Waals surface area contributed by atoms with E-state index in [1.807, 2.05) is 6.07 Å². The Bertz CT molecular complexity index is 414. The van der Waals surface area contributed by atoms with E-state index in [1.165, 1.54) is 19.3 Å². The molecule has 2 rings (SSSR count). The second-order valence-corrected chi connectivity index (χ2v) is 5.72. The molecular weight excluding hydrogens is 238 g/mol. The molecule has 5 heteroatoms. The molecule has 0 bridgehead atoms. The molecule has 4 N–H and O–H groups in total. The van der Waals surface area contributed by atoms with Crippen LogP contribution >= 0.6 is 0 Å². The average Bonchev–Trinajstić information content (AvgIpc) is 3.21. The Morgan fingerprint density at radius 3 is 2.53 bits per heavy atom. The van der Waals surface area contributed by atoms with Gasteiger partial charge < -0.3 is 10.7 Å². The predicted octanol–water partition coefficient (Wildman–Crippen LogP) is 2.88. The van der Waals surface area contributed by atoms with Crippen LogP contribution in [0.3, 0.4) is 0 Å². The zero-order valence-electron chi connectivity index (χ0n) is 12.1. The van der Waals surface area contributed by atoms with E-state index in [1.54, 1.807) is 0 Å². The quantitative estimate of drug-likeness (QED) is 0.521. The Kier molecular flexibility index (Phi) is 4.58. The number of rotatable bonds is 7. The Labute approximate surface area is 115 Å². The highest BCUT2D eigenvalue weighted by molar-refractivity contribution is 5.47. The number of hydrogen-bond donors (Lipinski definition) is 3. The molecule has 0 aliphatic heterocycles. The maximum atomic E-state index is 5.47. The molecule has 1 aromatic rings. The maximum absolute atomic E-state index is 5.47. The number of hydrogen-bond acceptors (Lipinski definition) is 5. The van der Waals surface area contributed by atoms with E-state index in [2.05, 4.69) is 41.5 Å². The maximum Gasteiger partial charge on any atom is 0.145 e. The van der Waals surface area contributed by atoms with Crippen LogP contribution in [0.1, 0.15) is 58.2 Å². The number of nitrogens with zero attached hydrogens (tertiary/aromatic N) is 2. The minimum atomic E-state index is 0.289. The molecule has 0 saturated heterocycles. The number of anilines is 2. The van der Waals surface area contributed by atoms with Gasteiger partial charge in [-0.3, -0.25) is 0 Å². The molecule has 1 atom stereocenters. The largest absolute Gasteiger partial charge is 0.367 e. The molecule has 1 fully saturated rings. The zero-order valence-corrected chi connectivity index (χ0v) is 12.1. The van der Waals surface area contributed by atoms with E-state index in [0.717, 1.165) is 24.0 Å². The van der Waals surface area contributed by atoms with Gasteiger partial charge in [0.2, 0.25) is 0 Å². The lowest BCUT2D eigenvalue weighted by Gasteiger charge is -2.18. The van der Waals surface area contributed by atoms with Crippen molar-refractivity contribution in [2.24, 2.45) is 11.8 Å². The number of nitrogens with two attached hydrogens (primary N) is 1. The van der Waals surface area contributed by atoms with Gasteiger partial charge in [-0.1, -0.05) is 33.6 Å². The number of aromatic nitrogens is 2. The van der Waals surface area contributed by atoms with Crippen LogP contribution in [0.4, 0.5) is 11.6 Å². The Morgan fingerprint density at radius 2 is 2.00 bits per heavy atom. The minimum Gasteiger partial charge on any atom is -0.367 e. The summed E-state index contributed by atoms with van der Waals surface area (Å²) in [5.41, 5.74) is 2.62. The summed E-state index contributed by atoms with van der Waals surface area (Å²) in [5, 5.41) is 3.52. The summed E-state index contributed by atoms with van der Waals surface area (Å²) >= 11 is 0. The molecule has 1 heterocycles. The highest BCUT2D eigenvalue weighted by Crippen LogP contribution is 2.34. The highest BCUT2D eigenvalue weighted by atomic mass is 15.3. The van der Waals surface area contributed by atoms with Gasteiger partial charge in [-0.05, 0) is 18.8 Å². The van der Waals surface area contributed by atoms with Gasteiger partial charge >= 0.3 is 0 Å². The summed E-state index contributed by atoms with van der Waals surface area (Å²) in [6.07, 6.45) is 5.12. The third kappa shape index (κ3) is 4.06. The van der Waals surface area contributed by atoms with Crippen molar-refractivity contribution in [3.05, 3.63) is 11.9 Å². The van der Waals surface area contributed by atoms with E-state index in [9.17, 15) is 0 Å². The lowest BCUT2D eigenvalue weighted by Crippen LogP contribution is -2.21. The minimum absolute atomic E-state index is 0.289. The molecule has 5 nitrogen and oxygen atoms in total. The van der Waals surface area contributed by atoms with Gasteiger partial charge in [-0.15, -0.1) is 0 Å². The van der Waals surface area contributed by atoms with Crippen molar-refractivity contribution >= 4 is 11.6 Å². The lowest BCUT2D eigenvalue weighted by molar-refractivity contribution is 0.584. The van der Waals surface area contributed by atoms with Crippen LogP contribution in [0.25, 0.3) is 0 Å². The first-order valence-electron chi connectivity index (χ1n) is 7.24. The molecule has 1 unspecified atom stereocenters. The molecule has 1 aromatic heterocycles. The van der Waals surface area contributed by atoms with E-state index >= 15 is 0 Å². The fourth-order valence-corrected chi connectivity index (χ4v) is 2.16. The fraction of sp³-hybridized carbons (Fsp3) is 0.714. The summed E-state index contributed by atoms with van der Waals surface area (Å²) in [7, 11) is 0. The van der Waals surface area contributed by atoms with E-state index in [-0.39, 0.29) is 5.92 Å². The molecule has 1 saturated carbocycles. The Morgan fingerprint density at radius 1 is 1.32 bits per heavy atom. The molecule has 0 amide bonds. The van der Waals surface area contributed by atoms with E-state index in [0.29, 0.717) is 11.9 Å². The van der Waals surface area contributed by atoms with Gasteiger partial charge in [-0.25, -0.2) is 15.8 Å². The first-order chi connectivity index (χ1) is 9.12. The van der Waals surface area contributed by atoms with Gasteiger partial charge in [-0.2, -0.15) is 0 Å². The van der Waals surface area contributed by atoms with E-state index in [4.69, 9.17) is 5.84 Å². The monoisotopic (exact) mass is 263 g/mol. The average molecular weight is 263 g/mol. The number of nitrogens with one attached hydrogen (secondary N) is 2. The number of hydrazine groups is 1. The normalized spacial score (nSPS) is 16.5. The standard InChI is InChI=1S/C14H25N5/c1-4-11(7-10-5-6-10)16-12-8-13(19-15)18-14(17-12)9(2)3/h8-11H,4-7,15H2,1-3H3,(H2,16,17,18,19). The Hall–Kier alpha value is -1.36. The van der Waals surface area contributed by atoms with Crippen molar-refractivity contribution in [2.75, 3.05) is 10.7 Å². The molecule has 0 aromatic carbocycles. The third-order valence-electron chi connectivity index (χ3n) is 3.57. The van der Waals surface area contributed by atoms with E-state index < -0.39 is 0 Å². The van der Waals surface area contributed by atoms with Crippen molar-refractivity contribution in [3.63, 3.8) is 0 Å². The van der Waals surface area contributed by atoms with Gasteiger partial charge in [0.15, 0.2) is 0 Å². The number of nitrogen functional groups attached to an aromatic ring is 1. The predicted molar refractivity (Wildman–Crippen MR) is 79.0 cm³/mol. The SMILES string of the molecule is CCC(CC1CC1)Nc1cc(NN)nc(C(C)C)n1. The fourth-order valence-electron chi connectivity index (χ4n) is 2.16. The zero-order chi connectivity index (χ0) is 13.8. The van der Waals surface area contributed by atoms with Crippen LogP contribution in [0.2, 0.25) is 0 Å². The van der Waals surface area contributed by atoms with Crippen LogP contribution in [0.15, 0.2) is 6.07 Å². The highest BCUT2D eigenvalue weighted by Gasteiger charge is 2.25. The first-order valence-corrected chi connectivity index (χ1v) is 7.24. The topological polar surface area (TPSA) is 75.9 Å². The summed E-state index contributed by atoms with van der Waals surface area (Å²) < 4.78 is 0. The summed E-state index contributed by atoms with van der Waals surface area (Å²) in [4.78, 5) is 8.95. The second-order valence-electron chi connectivity index (χ2n) is 5.72. The summed E-state index contributed by atoms with van der Waals surface area (Å²) in [6.45, 7) is 6.38. The van der Waals surface area contributed by atoms with Crippen LogP contribution < -0.4 is 16.6 Å². The van der Waals surface area contributed by atoms with Crippen molar-refractivity contribution in [2.45, 2.75) is 58.4 Å². The van der Waals surface area contributed by atoms with Gasteiger partial charge in [0.1, 0.15) is 17.5 Å². The van der Waals surface area contributed by atoms with Crippen LogP contribution in [0, 0.1) is 5.92 Å². The van der Waals surface area contributed by atoms with Crippen LogP contribution in [0.5, 0.6) is 0 Å². The van der Waals surface area contributed by atoms with Crippen molar-refractivity contribution in [3.8, 4) is 0 Å². The molecule has 19 heavy (non-hydrogen) atoms. The molecule has 0 radical (unpaired) electrons. The summed E-state index contributed by atoms with van der Waals surface area (Å²) in [5.74, 6) is 9.04. The molecular formula is C14H25N5. The van der Waals surface area contributed by atoms with Gasteiger partial charge in [0.05, 0.1) is 0 Å². The van der Waals surface area contributed by atoms with Crippen LogP contribution in [-0.4, -0.2) is 16.0 Å². The molecule has 1 aliphatic carbocycles. The second kappa shape index (κ2) is 6.19. The van der Waals surface area contributed by atoms with Crippen molar-refractivity contribution < 1.29 is 0 Å². The first kappa shape index (κ1) is 14.1. The molecule has 106 valence electrons. The van der Waals surface area contributed by atoms with Crippen LogP contribution in [-0.2, 0) is 0 Å². The van der Waals surface area contributed by atoms with Gasteiger partial charge in [0, 0.05) is 18.0 Å². The molecule has 0 spiro atoms. The van der Waals surface area contributed by atoms with Gasteiger partial charge in [0.25, 0.3) is 0 Å². The van der Waals surface area contributed by atoms with Crippen molar-refractivity contribution in [1.82, 2.24) is 9.97 Å². The summed E-state index contributed by atoms with van der Waals surface area (Å²) in [6, 6.07) is 2.37. The third-order valence-corrected chi connectivity index (χ3v) is 3.57. The lowest BCUT2D eigenvalue weighted by atomic mass is 10.1.